The molecule has 0 spiro atoms. The Morgan fingerprint density at radius 2 is 1.13 bits per heavy atom. The summed E-state index contributed by atoms with van der Waals surface area (Å²) in [4.78, 5) is 19.2. The van der Waals surface area contributed by atoms with Crippen LogP contribution in [-0.4, -0.2) is 131 Å². The predicted molar refractivity (Wildman–Crippen MR) is 137 cm³/mol. The molecular formula is C23H42BN3O11. The van der Waals surface area contributed by atoms with Gasteiger partial charge in [-0.2, -0.15) is 0 Å². The fraction of sp³-hybridized carbons (Fsp3) is 0.783. The predicted octanol–water partition coefficient (Wildman–Crippen LogP) is -0.840. The summed E-state index contributed by atoms with van der Waals surface area (Å²) in [5.41, 5.74) is -0.326. The maximum Gasteiger partial charge on any atom is 0.491 e. The van der Waals surface area contributed by atoms with Crippen LogP contribution < -0.4 is 15.5 Å². The van der Waals surface area contributed by atoms with Crippen LogP contribution in [0.3, 0.4) is 0 Å². The fourth-order valence-electron chi connectivity index (χ4n) is 2.47. The monoisotopic (exact) mass is 547 g/mol. The largest absolute Gasteiger partial charge is 0.491 e. The highest BCUT2D eigenvalue weighted by Crippen LogP contribution is 2.06. The summed E-state index contributed by atoms with van der Waals surface area (Å²) in [6.45, 7) is 11.3. The van der Waals surface area contributed by atoms with Crippen molar-refractivity contribution >= 4 is 18.7 Å². The van der Waals surface area contributed by atoms with Gasteiger partial charge >= 0.3 is 19.2 Å². The van der Waals surface area contributed by atoms with E-state index in [1.165, 1.54) is 12.4 Å². The molecule has 0 bridgehead atoms. The minimum absolute atomic E-state index is 0.135. The molecular weight excluding hydrogens is 505 g/mol. The number of nitrogens with zero attached hydrogens (tertiary/aromatic N) is 2. The lowest BCUT2D eigenvalue weighted by atomic mass is 9.83. The van der Waals surface area contributed by atoms with Gasteiger partial charge in [0, 0.05) is 24.4 Å². The minimum atomic E-state index is -1.61. The van der Waals surface area contributed by atoms with E-state index in [1.54, 1.807) is 0 Å². The lowest BCUT2D eigenvalue weighted by molar-refractivity contribution is -0.0178. The van der Waals surface area contributed by atoms with Crippen LogP contribution in [0.5, 0.6) is 6.01 Å². The number of carbonyl (C=O) groups excluding carboxylic acids is 1. The number of rotatable bonds is 23. The van der Waals surface area contributed by atoms with Crippen molar-refractivity contribution in [2.45, 2.75) is 26.4 Å². The number of amides is 1. The smallest absolute Gasteiger partial charge is 0.461 e. The Balaban J connectivity index is 1.73. The Morgan fingerprint density at radius 3 is 1.53 bits per heavy atom. The third-order valence-corrected chi connectivity index (χ3v) is 4.18. The minimum Gasteiger partial charge on any atom is -0.461 e. The molecule has 0 atom stereocenters. The molecule has 1 rings (SSSR count). The first-order valence-electron chi connectivity index (χ1n) is 12.5. The van der Waals surface area contributed by atoms with Gasteiger partial charge in [0.2, 0.25) is 0 Å². The van der Waals surface area contributed by atoms with E-state index in [0.29, 0.717) is 85.8 Å². The molecule has 0 saturated heterocycles. The highest BCUT2D eigenvalue weighted by molar-refractivity contribution is 6.58. The number of nitrogens with one attached hydrogen (secondary N) is 1. The van der Waals surface area contributed by atoms with Crippen molar-refractivity contribution in [3.63, 3.8) is 0 Å². The molecule has 14 nitrogen and oxygen atoms in total. The summed E-state index contributed by atoms with van der Waals surface area (Å²) in [7, 11) is -1.61. The van der Waals surface area contributed by atoms with E-state index >= 15 is 0 Å². The van der Waals surface area contributed by atoms with Crippen LogP contribution in [0.25, 0.3) is 0 Å². The highest BCUT2D eigenvalue weighted by atomic mass is 16.6. The molecule has 1 aromatic heterocycles. The molecule has 1 heterocycles. The van der Waals surface area contributed by atoms with Gasteiger partial charge in [0.05, 0.1) is 79.3 Å². The van der Waals surface area contributed by atoms with Crippen LogP contribution >= 0.6 is 0 Å². The zero-order valence-electron chi connectivity index (χ0n) is 22.6. The number of hydrogen-bond donors (Lipinski definition) is 3. The second-order valence-corrected chi connectivity index (χ2v) is 8.62. The van der Waals surface area contributed by atoms with Gasteiger partial charge < -0.3 is 53.3 Å². The van der Waals surface area contributed by atoms with Crippen molar-refractivity contribution in [2.24, 2.45) is 0 Å². The van der Waals surface area contributed by atoms with E-state index in [4.69, 9.17) is 47.9 Å². The Bertz CT molecular complexity index is 709. The molecule has 1 amide bonds. The van der Waals surface area contributed by atoms with Gasteiger partial charge in [0.15, 0.2) is 0 Å². The van der Waals surface area contributed by atoms with Gasteiger partial charge in [-0.15, -0.1) is 0 Å². The van der Waals surface area contributed by atoms with E-state index in [-0.39, 0.29) is 18.1 Å². The average Bonchev–Trinajstić information content (AvgIpc) is 2.86. The lowest BCUT2D eigenvalue weighted by Crippen LogP contribution is -2.34. The summed E-state index contributed by atoms with van der Waals surface area (Å²) in [5.74, 6) is 0. The third kappa shape index (κ3) is 20.9. The fourth-order valence-corrected chi connectivity index (χ4v) is 2.47. The SMILES string of the molecule is CC(C)(C)OC(=O)NCCOCCOCCOCCOCCOCCOCCOc1ncc(B(O)O)cn1. The van der Waals surface area contributed by atoms with Crippen LogP contribution in [0.4, 0.5) is 4.79 Å². The van der Waals surface area contributed by atoms with Crippen molar-refractivity contribution < 1.29 is 52.7 Å². The van der Waals surface area contributed by atoms with E-state index in [1.807, 2.05) is 20.8 Å². The van der Waals surface area contributed by atoms with Crippen molar-refractivity contribution in [3.8, 4) is 6.01 Å². The van der Waals surface area contributed by atoms with E-state index in [9.17, 15) is 4.79 Å². The maximum absolute atomic E-state index is 11.5. The number of ether oxygens (including phenoxy) is 8. The van der Waals surface area contributed by atoms with Gasteiger partial charge in [-0.25, -0.2) is 14.8 Å². The van der Waals surface area contributed by atoms with Crippen LogP contribution in [0.15, 0.2) is 12.4 Å². The molecule has 0 fully saturated rings. The zero-order valence-corrected chi connectivity index (χ0v) is 22.6. The lowest BCUT2D eigenvalue weighted by Gasteiger charge is -2.19. The van der Waals surface area contributed by atoms with Crippen LogP contribution in [-0.2, 0) is 33.2 Å². The van der Waals surface area contributed by atoms with Crippen molar-refractivity contribution in [3.05, 3.63) is 12.4 Å². The molecule has 0 aromatic carbocycles. The summed E-state index contributed by atoms with van der Waals surface area (Å²) in [5, 5.41) is 20.6. The van der Waals surface area contributed by atoms with Gasteiger partial charge in [0.25, 0.3) is 0 Å². The first kappa shape index (κ1) is 33.9. The number of hydrogen-bond acceptors (Lipinski definition) is 13. The number of carbonyl (C=O) groups is 1. The molecule has 38 heavy (non-hydrogen) atoms. The second-order valence-electron chi connectivity index (χ2n) is 8.62. The first-order valence-corrected chi connectivity index (χ1v) is 12.5. The Labute approximate surface area is 224 Å². The summed E-state index contributed by atoms with van der Waals surface area (Å²) >= 11 is 0. The molecule has 0 radical (unpaired) electrons. The van der Waals surface area contributed by atoms with Crippen molar-refractivity contribution in [1.82, 2.24) is 15.3 Å². The Morgan fingerprint density at radius 1 is 0.737 bits per heavy atom. The quantitative estimate of drug-likeness (QED) is 0.115. The zero-order chi connectivity index (χ0) is 27.9. The van der Waals surface area contributed by atoms with E-state index in [2.05, 4.69) is 15.3 Å². The molecule has 218 valence electrons. The molecule has 0 unspecified atom stereocenters. The average molecular weight is 547 g/mol. The van der Waals surface area contributed by atoms with Crippen molar-refractivity contribution in [2.75, 3.05) is 92.4 Å². The van der Waals surface area contributed by atoms with Crippen LogP contribution in [0, 0.1) is 0 Å². The molecule has 3 N–H and O–H groups in total. The maximum atomic E-state index is 11.5. The molecule has 15 heteroatoms. The van der Waals surface area contributed by atoms with Gasteiger partial charge in [-0.3, -0.25) is 0 Å². The van der Waals surface area contributed by atoms with Gasteiger partial charge in [0.1, 0.15) is 12.2 Å². The first-order chi connectivity index (χ1) is 18.3. The summed E-state index contributed by atoms with van der Waals surface area (Å²) in [6.07, 6.45) is 2.10. The third-order valence-electron chi connectivity index (χ3n) is 4.18. The topological polar surface area (TPSA) is 169 Å². The summed E-state index contributed by atoms with van der Waals surface area (Å²) in [6, 6.07) is 0.135. The van der Waals surface area contributed by atoms with Crippen molar-refractivity contribution in [1.29, 1.82) is 0 Å². The number of alkyl carbamates (subject to hydrolysis) is 1. The second kappa shape index (κ2) is 21.8. The van der Waals surface area contributed by atoms with Crippen LogP contribution in [0.1, 0.15) is 20.8 Å². The van der Waals surface area contributed by atoms with Crippen LogP contribution in [0.2, 0.25) is 0 Å². The highest BCUT2D eigenvalue weighted by Gasteiger charge is 2.15. The normalized spacial score (nSPS) is 11.4. The molecule has 0 aliphatic carbocycles. The standard InChI is InChI=1S/C23H42BN3O11/c1-23(2,3)38-22(28)25-4-5-31-6-7-32-8-9-33-10-11-34-12-13-35-14-15-36-16-17-37-21-26-18-20(19-27-21)24(29)30/h18-19,29-30H,4-17H2,1-3H3,(H,25,28). The van der Waals surface area contributed by atoms with E-state index < -0.39 is 18.8 Å². The molecule has 0 aliphatic rings. The molecule has 0 aliphatic heterocycles. The Kier molecular flexibility index (Phi) is 19.5. The van der Waals surface area contributed by atoms with Gasteiger partial charge in [-0.1, -0.05) is 0 Å². The molecule has 0 saturated carbocycles. The van der Waals surface area contributed by atoms with Gasteiger partial charge in [-0.05, 0) is 20.8 Å². The Hall–Kier alpha value is -2.11. The molecule has 1 aromatic rings. The number of aromatic nitrogens is 2. The van der Waals surface area contributed by atoms with E-state index in [0.717, 1.165) is 0 Å². The summed E-state index contributed by atoms with van der Waals surface area (Å²) < 4.78 is 42.8.